The van der Waals surface area contributed by atoms with Gasteiger partial charge >= 0.3 is 11.9 Å². The molecule has 9 nitrogen and oxygen atoms in total. The van der Waals surface area contributed by atoms with Crippen molar-refractivity contribution in [2.45, 2.75) is 12.7 Å². The minimum absolute atomic E-state index is 0.141. The molecule has 0 radical (unpaired) electrons. The largest absolute Gasteiger partial charge is 0.484 e. The van der Waals surface area contributed by atoms with Crippen molar-refractivity contribution < 1.29 is 27.6 Å². The number of carbonyl (C=O) groups excluding carboxylic acids is 1. The molecule has 1 aliphatic rings. The molecule has 0 aliphatic carbocycles. The first-order valence-electron chi connectivity index (χ1n) is 8.71. The number of alkyl halides is 3. The molecule has 1 N–H and O–H groups in total. The summed E-state index contributed by atoms with van der Waals surface area (Å²) in [7, 11) is 0. The number of ether oxygens (including phenoxy) is 1. The summed E-state index contributed by atoms with van der Waals surface area (Å²) in [5.41, 5.74) is 0.400. The summed E-state index contributed by atoms with van der Waals surface area (Å²) in [6.45, 7) is 1.12. The average molecular weight is 413 g/mol. The van der Waals surface area contributed by atoms with E-state index in [9.17, 15) is 28.1 Å². The highest BCUT2D eigenvalue weighted by atomic mass is 19.4. The third-order valence-corrected chi connectivity index (χ3v) is 4.42. The first kappa shape index (κ1) is 20.6. The van der Waals surface area contributed by atoms with Gasteiger partial charge in [-0.3, -0.25) is 24.9 Å². The fourth-order valence-corrected chi connectivity index (χ4v) is 2.96. The average Bonchev–Trinajstić information content (AvgIpc) is 3.17. The molecule has 3 rings (SSSR count). The number of nitrogens with zero attached hydrogens (tertiary/aromatic N) is 4. The Morgan fingerprint density at radius 3 is 2.45 bits per heavy atom. The highest BCUT2D eigenvalue weighted by Crippen LogP contribution is 2.20. The molecule has 0 bridgehead atoms. The third-order valence-electron chi connectivity index (χ3n) is 4.42. The van der Waals surface area contributed by atoms with Gasteiger partial charge in [0.1, 0.15) is 11.9 Å². The van der Waals surface area contributed by atoms with Gasteiger partial charge in [-0.2, -0.15) is 18.3 Å². The highest BCUT2D eigenvalue weighted by Gasteiger charge is 2.30. The number of halogens is 3. The molecule has 1 saturated heterocycles. The van der Waals surface area contributed by atoms with Crippen LogP contribution >= 0.6 is 0 Å². The van der Waals surface area contributed by atoms with Crippen molar-refractivity contribution in [2.24, 2.45) is 0 Å². The van der Waals surface area contributed by atoms with Gasteiger partial charge < -0.3 is 9.64 Å². The van der Waals surface area contributed by atoms with E-state index in [0.717, 1.165) is 11.8 Å². The maximum atomic E-state index is 12.5. The summed E-state index contributed by atoms with van der Waals surface area (Å²) in [5, 5.41) is 16.9. The van der Waals surface area contributed by atoms with Crippen LogP contribution in [0.25, 0.3) is 0 Å². The number of aromatic nitrogens is 2. The monoisotopic (exact) mass is 413 g/mol. The number of H-pyrrole nitrogens is 1. The van der Waals surface area contributed by atoms with Crippen LogP contribution in [-0.2, 0) is 6.54 Å². The molecule has 1 aromatic heterocycles. The molecule has 0 saturated carbocycles. The maximum absolute atomic E-state index is 12.5. The predicted octanol–water partition coefficient (Wildman–Crippen LogP) is 2.22. The lowest BCUT2D eigenvalue weighted by molar-refractivity contribution is -0.385. The number of carbonyl (C=O) groups is 1. The van der Waals surface area contributed by atoms with E-state index in [-0.39, 0.29) is 17.1 Å². The molecule has 1 amide bonds. The van der Waals surface area contributed by atoms with E-state index < -0.39 is 23.6 Å². The van der Waals surface area contributed by atoms with Crippen molar-refractivity contribution in [3.8, 4) is 5.75 Å². The lowest BCUT2D eigenvalue weighted by Crippen LogP contribution is -2.48. The molecule has 0 spiro atoms. The normalized spacial score (nSPS) is 15.3. The maximum Gasteiger partial charge on any atom is 0.422 e. The zero-order valence-electron chi connectivity index (χ0n) is 15.2. The number of nitro groups is 1. The molecule has 0 atom stereocenters. The second-order valence-electron chi connectivity index (χ2n) is 6.50. The van der Waals surface area contributed by atoms with Gasteiger partial charge in [0.2, 0.25) is 5.69 Å². The minimum atomic E-state index is -4.38. The second kappa shape index (κ2) is 8.47. The number of aromatic amines is 1. The number of benzene rings is 1. The Hall–Kier alpha value is -3.15. The molecule has 0 unspecified atom stereocenters. The van der Waals surface area contributed by atoms with Gasteiger partial charge in [-0.05, 0) is 17.7 Å². The third kappa shape index (κ3) is 5.44. The van der Waals surface area contributed by atoms with Crippen molar-refractivity contribution in [1.82, 2.24) is 20.0 Å². The quantitative estimate of drug-likeness (QED) is 0.575. The van der Waals surface area contributed by atoms with Crippen LogP contribution in [-0.4, -0.2) is 69.8 Å². The van der Waals surface area contributed by atoms with E-state index >= 15 is 0 Å². The lowest BCUT2D eigenvalue weighted by atomic mass is 10.2. The Bertz CT molecular complexity index is 861. The smallest absolute Gasteiger partial charge is 0.422 e. The molecular weight excluding hydrogens is 395 g/mol. The van der Waals surface area contributed by atoms with Crippen LogP contribution in [0.1, 0.15) is 16.1 Å². The van der Waals surface area contributed by atoms with Crippen LogP contribution in [0.15, 0.2) is 30.5 Å². The van der Waals surface area contributed by atoms with Crippen LogP contribution in [0.2, 0.25) is 0 Å². The molecule has 1 aromatic carbocycles. The summed E-state index contributed by atoms with van der Waals surface area (Å²) in [4.78, 5) is 26.3. The summed E-state index contributed by atoms with van der Waals surface area (Å²) in [6, 6.07) is 6.35. The topological polar surface area (TPSA) is 105 Å². The van der Waals surface area contributed by atoms with Gasteiger partial charge in [-0.1, -0.05) is 12.1 Å². The zero-order chi connectivity index (χ0) is 21.0. The number of piperazine rings is 1. The van der Waals surface area contributed by atoms with Gasteiger partial charge in [0.05, 0.1) is 4.92 Å². The summed E-state index contributed by atoms with van der Waals surface area (Å²) in [5.74, 6) is -0.331. The molecule has 1 fully saturated rings. The lowest BCUT2D eigenvalue weighted by Gasteiger charge is -2.34. The summed E-state index contributed by atoms with van der Waals surface area (Å²) >= 11 is 0. The Morgan fingerprint density at radius 2 is 1.86 bits per heavy atom. The van der Waals surface area contributed by atoms with Crippen LogP contribution < -0.4 is 4.74 Å². The number of nitrogens with one attached hydrogen (secondary N) is 1. The Balaban J connectivity index is 1.50. The van der Waals surface area contributed by atoms with E-state index in [1.807, 2.05) is 0 Å². The van der Waals surface area contributed by atoms with Crippen molar-refractivity contribution in [3.05, 3.63) is 51.8 Å². The van der Waals surface area contributed by atoms with Crippen molar-refractivity contribution >= 4 is 11.6 Å². The number of rotatable bonds is 6. The fourth-order valence-electron chi connectivity index (χ4n) is 2.96. The number of hydrogen-bond acceptors (Lipinski definition) is 6. The van der Waals surface area contributed by atoms with E-state index in [1.54, 1.807) is 12.1 Å². The second-order valence-corrected chi connectivity index (χ2v) is 6.50. The van der Waals surface area contributed by atoms with Crippen molar-refractivity contribution in [2.75, 3.05) is 32.8 Å². The Kier molecular flexibility index (Phi) is 6.01. The van der Waals surface area contributed by atoms with E-state index in [0.29, 0.717) is 32.7 Å². The minimum Gasteiger partial charge on any atom is -0.484 e. The van der Waals surface area contributed by atoms with Gasteiger partial charge in [-0.25, -0.2) is 0 Å². The van der Waals surface area contributed by atoms with Crippen LogP contribution in [0.4, 0.5) is 18.9 Å². The summed E-state index contributed by atoms with van der Waals surface area (Å²) in [6.07, 6.45) is -3.38. The zero-order valence-corrected chi connectivity index (χ0v) is 15.2. The van der Waals surface area contributed by atoms with E-state index in [1.165, 1.54) is 17.0 Å². The first-order chi connectivity index (χ1) is 13.7. The Labute approximate surface area is 163 Å². The molecular formula is C17H18F3N5O4. The summed E-state index contributed by atoms with van der Waals surface area (Å²) < 4.78 is 41.2. The van der Waals surface area contributed by atoms with Gasteiger partial charge in [0, 0.05) is 32.7 Å². The van der Waals surface area contributed by atoms with Crippen molar-refractivity contribution in [1.29, 1.82) is 0 Å². The predicted molar refractivity (Wildman–Crippen MR) is 94.4 cm³/mol. The first-order valence-corrected chi connectivity index (χ1v) is 8.71. The number of hydrogen-bond donors (Lipinski definition) is 1. The molecule has 2 aromatic rings. The van der Waals surface area contributed by atoms with Gasteiger partial charge in [-0.15, -0.1) is 0 Å². The SMILES string of the molecule is O=C(c1[nH]ncc1[N+](=O)[O-])N1CCN(Cc2ccc(OCC(F)(F)F)cc2)CC1. The molecule has 156 valence electrons. The number of amides is 1. The van der Waals surface area contributed by atoms with E-state index in [2.05, 4.69) is 19.8 Å². The molecule has 29 heavy (non-hydrogen) atoms. The fraction of sp³-hybridized carbons (Fsp3) is 0.412. The van der Waals surface area contributed by atoms with Crippen LogP contribution in [0.5, 0.6) is 5.75 Å². The molecule has 12 heteroatoms. The molecule has 1 aliphatic heterocycles. The standard InChI is InChI=1S/C17H18F3N5O4/c18-17(19,20)11-29-13-3-1-12(2-4-13)10-23-5-7-24(8-6-23)16(26)15-14(25(27)28)9-21-22-15/h1-4,9H,5-8,10-11H2,(H,21,22). The van der Waals surface area contributed by atoms with Gasteiger partial charge in [0.15, 0.2) is 6.61 Å². The van der Waals surface area contributed by atoms with E-state index in [4.69, 9.17) is 0 Å². The molecule has 2 heterocycles. The Morgan fingerprint density at radius 1 is 1.21 bits per heavy atom. The van der Waals surface area contributed by atoms with Crippen LogP contribution in [0, 0.1) is 10.1 Å². The van der Waals surface area contributed by atoms with Crippen molar-refractivity contribution in [3.63, 3.8) is 0 Å². The van der Waals surface area contributed by atoms with Crippen LogP contribution in [0.3, 0.4) is 0 Å². The van der Waals surface area contributed by atoms with Gasteiger partial charge in [0.25, 0.3) is 5.91 Å². The highest BCUT2D eigenvalue weighted by molar-refractivity contribution is 5.96.